The Morgan fingerprint density at radius 2 is 2.06 bits per heavy atom. The van der Waals surface area contributed by atoms with E-state index in [4.69, 9.17) is 9.25 Å². The van der Waals surface area contributed by atoms with Crippen LogP contribution >= 0.6 is 0 Å². The average molecular weight is 245 g/mol. The van der Waals surface area contributed by atoms with Crippen molar-refractivity contribution in [2.24, 2.45) is 5.16 Å². The monoisotopic (exact) mass is 245 g/mol. The first-order valence-electron chi connectivity index (χ1n) is 5.71. The van der Waals surface area contributed by atoms with Crippen LogP contribution < -0.4 is 0 Å². The highest BCUT2D eigenvalue weighted by molar-refractivity contribution is 5.95. The summed E-state index contributed by atoms with van der Waals surface area (Å²) in [6.07, 6.45) is 0.895. The Balaban J connectivity index is 1.87. The van der Waals surface area contributed by atoms with Crippen LogP contribution in [0.25, 0.3) is 0 Å². The fraction of sp³-hybridized carbons (Fsp3) is 0.214. The number of hydrogen-bond donors (Lipinski definition) is 1. The summed E-state index contributed by atoms with van der Waals surface area (Å²) in [5.74, 6) is 0.657. The van der Waals surface area contributed by atoms with Gasteiger partial charge >= 0.3 is 0 Å². The van der Waals surface area contributed by atoms with Gasteiger partial charge in [-0.2, -0.15) is 0 Å². The Hall–Kier alpha value is -2.07. The molecule has 1 aromatic heterocycles. The molecule has 0 unspecified atom stereocenters. The van der Waals surface area contributed by atoms with Crippen molar-refractivity contribution in [2.45, 2.75) is 13.0 Å². The van der Waals surface area contributed by atoms with Crippen LogP contribution in [-0.2, 0) is 4.84 Å². The number of hydrogen-bond acceptors (Lipinski definition) is 4. The lowest BCUT2D eigenvalue weighted by Gasteiger charge is -2.09. The van der Waals surface area contributed by atoms with Crippen LogP contribution in [0, 0.1) is 0 Å². The molecule has 1 aromatic carbocycles. The molecule has 18 heavy (non-hydrogen) atoms. The van der Waals surface area contributed by atoms with Gasteiger partial charge in [-0.05, 0) is 24.6 Å². The van der Waals surface area contributed by atoms with Gasteiger partial charge in [-0.15, -0.1) is 0 Å². The van der Waals surface area contributed by atoms with E-state index in [1.807, 2.05) is 30.3 Å². The van der Waals surface area contributed by atoms with Crippen molar-refractivity contribution in [3.63, 3.8) is 0 Å². The zero-order chi connectivity index (χ0) is 12.8. The minimum Gasteiger partial charge on any atom is -0.463 e. The molecule has 1 N–H and O–H groups in total. The quantitative estimate of drug-likeness (QED) is 0.651. The molecule has 0 bridgehead atoms. The van der Waals surface area contributed by atoms with Gasteiger partial charge in [0.1, 0.15) is 18.4 Å². The van der Waals surface area contributed by atoms with Gasteiger partial charge in [-0.1, -0.05) is 35.5 Å². The third-order valence-corrected chi connectivity index (χ3v) is 2.50. The van der Waals surface area contributed by atoms with E-state index in [0.29, 0.717) is 11.5 Å². The van der Waals surface area contributed by atoms with Crippen molar-refractivity contribution in [1.29, 1.82) is 0 Å². The Bertz CT molecular complexity index is 491. The lowest BCUT2D eigenvalue weighted by atomic mass is 10.1. The Kier molecular flexibility index (Phi) is 4.15. The fourth-order valence-electron chi connectivity index (χ4n) is 1.51. The molecule has 4 nitrogen and oxygen atoms in total. The van der Waals surface area contributed by atoms with Gasteiger partial charge < -0.3 is 14.4 Å². The van der Waals surface area contributed by atoms with Crippen LogP contribution in [0.2, 0.25) is 0 Å². The molecule has 0 saturated heterocycles. The van der Waals surface area contributed by atoms with Crippen LogP contribution in [0.5, 0.6) is 0 Å². The number of furan rings is 1. The molecule has 94 valence electrons. The number of oxime groups is 1. The summed E-state index contributed by atoms with van der Waals surface area (Å²) in [6, 6.07) is 12.9. The molecule has 0 aliphatic heterocycles. The van der Waals surface area contributed by atoms with E-state index >= 15 is 0 Å². The summed E-state index contributed by atoms with van der Waals surface area (Å²) < 4.78 is 5.16. The number of nitrogens with zero attached hydrogens (tertiary/aromatic N) is 1. The predicted octanol–water partition coefficient (Wildman–Crippen LogP) is 2.75. The lowest BCUT2D eigenvalue weighted by molar-refractivity contribution is 0.0393. The summed E-state index contributed by atoms with van der Waals surface area (Å²) in [7, 11) is 0. The van der Waals surface area contributed by atoms with Crippen LogP contribution in [0.3, 0.4) is 0 Å². The zero-order valence-corrected chi connectivity index (χ0v) is 10.1. The van der Waals surface area contributed by atoms with E-state index in [-0.39, 0.29) is 6.61 Å². The van der Waals surface area contributed by atoms with Crippen molar-refractivity contribution < 1.29 is 14.4 Å². The molecule has 0 amide bonds. The maximum absolute atomic E-state index is 9.85. The molecule has 0 saturated carbocycles. The molecular formula is C14H15NO3. The molecule has 0 spiro atoms. The zero-order valence-electron chi connectivity index (χ0n) is 10.1. The van der Waals surface area contributed by atoms with Gasteiger partial charge in [0.2, 0.25) is 0 Å². The average Bonchev–Trinajstić information content (AvgIpc) is 2.93. The van der Waals surface area contributed by atoms with Gasteiger partial charge in [0, 0.05) is 0 Å². The van der Waals surface area contributed by atoms with E-state index in [1.54, 1.807) is 25.3 Å². The second-order valence-corrected chi connectivity index (χ2v) is 3.88. The van der Waals surface area contributed by atoms with Crippen molar-refractivity contribution in [2.75, 3.05) is 6.61 Å². The Morgan fingerprint density at radius 3 is 2.72 bits per heavy atom. The smallest absolute Gasteiger partial charge is 0.151 e. The first-order valence-corrected chi connectivity index (χ1v) is 5.71. The maximum atomic E-state index is 9.85. The minimum atomic E-state index is -0.681. The minimum absolute atomic E-state index is 0.113. The van der Waals surface area contributed by atoms with Gasteiger partial charge in [0.15, 0.2) is 5.76 Å². The topological polar surface area (TPSA) is 55.0 Å². The number of aliphatic hydroxyl groups is 1. The summed E-state index contributed by atoms with van der Waals surface area (Å²) >= 11 is 0. The molecule has 0 aliphatic rings. The Labute approximate surface area is 105 Å². The van der Waals surface area contributed by atoms with Crippen LogP contribution in [-0.4, -0.2) is 17.4 Å². The van der Waals surface area contributed by atoms with E-state index < -0.39 is 6.10 Å². The van der Waals surface area contributed by atoms with Gasteiger partial charge in [-0.3, -0.25) is 0 Å². The largest absolute Gasteiger partial charge is 0.463 e. The van der Waals surface area contributed by atoms with Crippen LogP contribution in [0.1, 0.15) is 24.4 Å². The van der Waals surface area contributed by atoms with E-state index in [2.05, 4.69) is 5.16 Å². The summed E-state index contributed by atoms with van der Waals surface area (Å²) in [5, 5.41) is 13.7. The highest BCUT2D eigenvalue weighted by Gasteiger charge is 2.07. The highest BCUT2D eigenvalue weighted by Crippen LogP contribution is 2.12. The SMILES string of the molecule is C/C(=N\OC[C@H](O)c1ccccc1)c1ccco1. The summed E-state index contributed by atoms with van der Waals surface area (Å²) in [4.78, 5) is 5.11. The number of benzene rings is 1. The van der Waals surface area contributed by atoms with Crippen molar-refractivity contribution in [1.82, 2.24) is 0 Å². The lowest BCUT2D eigenvalue weighted by Crippen LogP contribution is -2.05. The molecule has 2 rings (SSSR count). The number of aliphatic hydroxyl groups excluding tert-OH is 1. The fourth-order valence-corrected chi connectivity index (χ4v) is 1.51. The first-order chi connectivity index (χ1) is 8.77. The summed E-state index contributed by atoms with van der Waals surface area (Å²) in [5.41, 5.74) is 1.45. The van der Waals surface area contributed by atoms with Crippen molar-refractivity contribution in [3.8, 4) is 0 Å². The van der Waals surface area contributed by atoms with Crippen LogP contribution in [0.15, 0.2) is 58.3 Å². The van der Waals surface area contributed by atoms with Crippen LogP contribution in [0.4, 0.5) is 0 Å². The second-order valence-electron chi connectivity index (χ2n) is 3.88. The highest BCUT2D eigenvalue weighted by atomic mass is 16.6. The maximum Gasteiger partial charge on any atom is 0.151 e. The van der Waals surface area contributed by atoms with E-state index in [9.17, 15) is 5.11 Å². The first kappa shape index (κ1) is 12.4. The molecule has 2 aromatic rings. The van der Waals surface area contributed by atoms with Crippen molar-refractivity contribution in [3.05, 3.63) is 60.1 Å². The third kappa shape index (κ3) is 3.21. The molecule has 1 heterocycles. The number of rotatable bonds is 5. The normalized spacial score (nSPS) is 13.3. The predicted molar refractivity (Wildman–Crippen MR) is 68.3 cm³/mol. The van der Waals surface area contributed by atoms with Crippen molar-refractivity contribution >= 4 is 5.71 Å². The molecule has 4 heteroatoms. The molecule has 0 radical (unpaired) electrons. The van der Waals surface area contributed by atoms with Gasteiger partial charge in [-0.25, -0.2) is 0 Å². The van der Waals surface area contributed by atoms with Gasteiger partial charge in [0.25, 0.3) is 0 Å². The molecule has 1 atom stereocenters. The molecule has 0 fully saturated rings. The summed E-state index contributed by atoms with van der Waals surface area (Å²) in [6.45, 7) is 1.90. The molecular weight excluding hydrogens is 230 g/mol. The van der Waals surface area contributed by atoms with E-state index in [1.165, 1.54) is 0 Å². The van der Waals surface area contributed by atoms with Gasteiger partial charge in [0.05, 0.1) is 6.26 Å². The molecule has 0 aliphatic carbocycles. The van der Waals surface area contributed by atoms with E-state index in [0.717, 1.165) is 5.56 Å². The Morgan fingerprint density at radius 1 is 1.28 bits per heavy atom. The standard InChI is InChI=1S/C14H15NO3/c1-11(14-8-5-9-17-14)15-18-10-13(16)12-6-3-2-4-7-12/h2-9,13,16H,10H2,1H3/b15-11+/t13-/m0/s1. The third-order valence-electron chi connectivity index (χ3n) is 2.50. The second kappa shape index (κ2) is 6.02.